The summed E-state index contributed by atoms with van der Waals surface area (Å²) in [6, 6.07) is 5.62. The van der Waals surface area contributed by atoms with E-state index in [2.05, 4.69) is 5.32 Å². The third kappa shape index (κ3) is 2.83. The average molecular weight is 315 g/mol. The number of nitrogens with one attached hydrogen (secondary N) is 1. The molecule has 5 heteroatoms. The monoisotopic (exact) mass is 315 g/mol. The van der Waals surface area contributed by atoms with Gasteiger partial charge in [0.1, 0.15) is 0 Å². The van der Waals surface area contributed by atoms with Crippen molar-refractivity contribution in [2.45, 2.75) is 38.5 Å². The van der Waals surface area contributed by atoms with Crippen molar-refractivity contribution >= 4 is 11.7 Å². The van der Waals surface area contributed by atoms with Gasteiger partial charge in [-0.15, -0.1) is 0 Å². The molecular weight excluding hydrogens is 294 g/mol. The fourth-order valence-corrected chi connectivity index (χ4v) is 3.44. The number of ketones is 1. The van der Waals surface area contributed by atoms with Crippen LogP contribution in [0.1, 0.15) is 44.1 Å². The van der Waals surface area contributed by atoms with E-state index in [1.165, 1.54) is 0 Å². The van der Waals surface area contributed by atoms with Crippen molar-refractivity contribution < 1.29 is 19.1 Å². The van der Waals surface area contributed by atoms with Gasteiger partial charge in [0, 0.05) is 35.6 Å². The molecule has 122 valence electrons. The van der Waals surface area contributed by atoms with Crippen LogP contribution in [0.4, 0.5) is 0 Å². The van der Waals surface area contributed by atoms with E-state index >= 15 is 0 Å². The zero-order valence-electron chi connectivity index (χ0n) is 13.5. The second-order valence-electron chi connectivity index (χ2n) is 5.79. The summed E-state index contributed by atoms with van der Waals surface area (Å²) in [4.78, 5) is 24.6. The number of hydrogen-bond donors (Lipinski definition) is 1. The molecule has 1 heterocycles. The number of para-hydroxylation sites is 1. The van der Waals surface area contributed by atoms with E-state index in [9.17, 15) is 9.59 Å². The highest BCUT2D eigenvalue weighted by molar-refractivity contribution is 6.01. The predicted molar refractivity (Wildman–Crippen MR) is 85.5 cm³/mol. The summed E-state index contributed by atoms with van der Waals surface area (Å²) >= 11 is 0. The molecule has 1 N–H and O–H groups in total. The minimum Gasteiger partial charge on any atom is -0.493 e. The van der Waals surface area contributed by atoms with Gasteiger partial charge in [-0.1, -0.05) is 12.1 Å². The van der Waals surface area contributed by atoms with E-state index in [1.807, 2.05) is 25.1 Å². The lowest BCUT2D eigenvalue weighted by Crippen LogP contribution is -2.36. The average Bonchev–Trinajstić information content (AvgIpc) is 2.54. The Hall–Kier alpha value is -2.30. The maximum absolute atomic E-state index is 12.5. The van der Waals surface area contributed by atoms with Crippen molar-refractivity contribution in [3.05, 3.63) is 35.0 Å². The van der Waals surface area contributed by atoms with Crippen LogP contribution in [0.25, 0.3) is 0 Å². The fourth-order valence-electron chi connectivity index (χ4n) is 3.44. The highest BCUT2D eigenvalue weighted by atomic mass is 16.5. The van der Waals surface area contributed by atoms with Crippen LogP contribution in [0, 0.1) is 0 Å². The molecular formula is C18H21NO4. The third-order valence-electron chi connectivity index (χ3n) is 4.38. The highest BCUT2D eigenvalue weighted by Gasteiger charge is 2.36. The van der Waals surface area contributed by atoms with E-state index in [0.29, 0.717) is 24.5 Å². The quantitative estimate of drug-likeness (QED) is 0.928. The summed E-state index contributed by atoms with van der Waals surface area (Å²) in [7, 11) is 1.59. The largest absolute Gasteiger partial charge is 0.493 e. The maximum Gasteiger partial charge on any atom is 0.225 e. The molecule has 0 aromatic heterocycles. The van der Waals surface area contributed by atoms with Crippen molar-refractivity contribution in [1.29, 1.82) is 0 Å². The van der Waals surface area contributed by atoms with Crippen LogP contribution in [0.5, 0.6) is 11.5 Å². The summed E-state index contributed by atoms with van der Waals surface area (Å²) < 4.78 is 11.2. The SMILES string of the molecule is CCOc1c(OC)cccc1[C@H]1CC(=O)NC2=C1C(=O)CCC2. The zero-order valence-corrected chi connectivity index (χ0v) is 13.5. The maximum atomic E-state index is 12.5. The zero-order chi connectivity index (χ0) is 16.4. The number of rotatable bonds is 4. The van der Waals surface area contributed by atoms with E-state index in [4.69, 9.17) is 9.47 Å². The Morgan fingerprint density at radius 2 is 2.09 bits per heavy atom. The van der Waals surface area contributed by atoms with Gasteiger partial charge in [-0.05, 0) is 25.8 Å². The van der Waals surface area contributed by atoms with Crippen molar-refractivity contribution in [3.63, 3.8) is 0 Å². The van der Waals surface area contributed by atoms with Gasteiger partial charge < -0.3 is 14.8 Å². The van der Waals surface area contributed by atoms with E-state index in [0.717, 1.165) is 29.7 Å². The number of ether oxygens (including phenoxy) is 2. The van der Waals surface area contributed by atoms with Gasteiger partial charge in [-0.2, -0.15) is 0 Å². The number of Topliss-reactive ketones (excluding diaryl/α,β-unsaturated/α-hetero) is 1. The fraction of sp³-hybridized carbons (Fsp3) is 0.444. The van der Waals surface area contributed by atoms with Crippen LogP contribution in [-0.2, 0) is 9.59 Å². The number of benzene rings is 1. The molecule has 1 aliphatic heterocycles. The van der Waals surface area contributed by atoms with E-state index < -0.39 is 0 Å². The molecule has 0 saturated heterocycles. The summed E-state index contributed by atoms with van der Waals surface area (Å²) in [6.07, 6.45) is 2.34. The molecule has 0 saturated carbocycles. The molecule has 1 amide bonds. The number of amides is 1. The molecule has 5 nitrogen and oxygen atoms in total. The Balaban J connectivity index is 2.13. The summed E-state index contributed by atoms with van der Waals surface area (Å²) in [5.41, 5.74) is 2.38. The van der Waals surface area contributed by atoms with Gasteiger partial charge in [0.25, 0.3) is 0 Å². The minimum atomic E-state index is -0.261. The van der Waals surface area contributed by atoms with Gasteiger partial charge in [0.2, 0.25) is 5.91 Å². The van der Waals surface area contributed by atoms with E-state index in [1.54, 1.807) is 7.11 Å². The highest BCUT2D eigenvalue weighted by Crippen LogP contribution is 2.44. The number of carbonyl (C=O) groups excluding carboxylic acids is 2. The number of allylic oxidation sites excluding steroid dienone is 2. The number of carbonyl (C=O) groups is 2. The molecule has 1 aromatic carbocycles. The van der Waals surface area contributed by atoms with Crippen LogP contribution < -0.4 is 14.8 Å². The first kappa shape index (κ1) is 15.6. The Bertz CT molecular complexity index is 678. The third-order valence-corrected chi connectivity index (χ3v) is 4.38. The van der Waals surface area contributed by atoms with Crippen LogP contribution in [-0.4, -0.2) is 25.4 Å². The van der Waals surface area contributed by atoms with Gasteiger partial charge in [-0.3, -0.25) is 9.59 Å². The Kier molecular flexibility index (Phi) is 4.37. The van der Waals surface area contributed by atoms with Crippen LogP contribution in [0.3, 0.4) is 0 Å². The van der Waals surface area contributed by atoms with Crippen LogP contribution in [0.15, 0.2) is 29.5 Å². The topological polar surface area (TPSA) is 64.6 Å². The molecule has 1 atom stereocenters. The van der Waals surface area contributed by atoms with Crippen LogP contribution >= 0.6 is 0 Å². The Labute approximate surface area is 135 Å². The summed E-state index contributed by atoms with van der Waals surface area (Å²) in [5.74, 6) is 1.07. The standard InChI is InChI=1S/C18H21NO4/c1-3-23-18-11(6-4-9-15(18)22-2)12-10-16(21)19-13-7-5-8-14(20)17(12)13/h4,6,9,12H,3,5,7-8,10H2,1-2H3,(H,19,21)/t12-/m1/s1. The molecule has 0 spiro atoms. The molecule has 0 radical (unpaired) electrons. The van der Waals surface area contributed by atoms with Crippen molar-refractivity contribution in [3.8, 4) is 11.5 Å². The normalized spacial score (nSPS) is 20.9. The van der Waals surface area contributed by atoms with Gasteiger partial charge in [0.15, 0.2) is 17.3 Å². The lowest BCUT2D eigenvalue weighted by atomic mass is 9.77. The Morgan fingerprint density at radius 3 is 2.83 bits per heavy atom. The smallest absolute Gasteiger partial charge is 0.225 e. The molecule has 0 unspecified atom stereocenters. The Morgan fingerprint density at radius 1 is 1.26 bits per heavy atom. The van der Waals surface area contributed by atoms with Crippen LogP contribution in [0.2, 0.25) is 0 Å². The van der Waals surface area contributed by atoms with Crippen molar-refractivity contribution in [2.75, 3.05) is 13.7 Å². The van der Waals surface area contributed by atoms with Crippen molar-refractivity contribution in [1.82, 2.24) is 5.32 Å². The van der Waals surface area contributed by atoms with Gasteiger partial charge in [0.05, 0.1) is 13.7 Å². The van der Waals surface area contributed by atoms with Crippen molar-refractivity contribution in [2.24, 2.45) is 0 Å². The molecule has 1 aromatic rings. The molecule has 2 aliphatic rings. The predicted octanol–water partition coefficient (Wildman–Crippen LogP) is 2.70. The van der Waals surface area contributed by atoms with Gasteiger partial charge in [-0.25, -0.2) is 0 Å². The summed E-state index contributed by atoms with van der Waals surface area (Å²) in [5, 5.41) is 2.88. The lowest BCUT2D eigenvalue weighted by molar-refractivity contribution is -0.122. The first-order valence-electron chi connectivity index (χ1n) is 8.01. The molecule has 3 rings (SSSR count). The number of methoxy groups -OCH3 is 1. The first-order valence-corrected chi connectivity index (χ1v) is 8.01. The molecule has 1 aliphatic carbocycles. The number of hydrogen-bond acceptors (Lipinski definition) is 4. The second-order valence-corrected chi connectivity index (χ2v) is 5.79. The first-order chi connectivity index (χ1) is 11.2. The second kappa shape index (κ2) is 6.44. The molecule has 0 fully saturated rings. The lowest BCUT2D eigenvalue weighted by Gasteiger charge is -2.32. The molecule has 0 bridgehead atoms. The minimum absolute atomic E-state index is 0.0475. The molecule has 23 heavy (non-hydrogen) atoms. The summed E-state index contributed by atoms with van der Waals surface area (Å²) in [6.45, 7) is 2.40. The van der Waals surface area contributed by atoms with E-state index in [-0.39, 0.29) is 24.0 Å². The van der Waals surface area contributed by atoms with Gasteiger partial charge >= 0.3 is 0 Å².